The molecule has 0 saturated carbocycles. The first-order chi connectivity index (χ1) is 13.6. The quantitative estimate of drug-likeness (QED) is 0.642. The summed E-state index contributed by atoms with van der Waals surface area (Å²) in [5, 5.41) is 5.88. The lowest BCUT2D eigenvalue weighted by Crippen LogP contribution is -2.24. The highest BCUT2D eigenvalue weighted by Gasteiger charge is 2.10. The molecule has 7 heteroatoms. The van der Waals surface area contributed by atoms with Crippen LogP contribution in [-0.4, -0.2) is 29.0 Å². The molecule has 142 valence electrons. The number of hydrogen-bond acceptors (Lipinski definition) is 6. The van der Waals surface area contributed by atoms with Gasteiger partial charge in [-0.15, -0.1) is 0 Å². The van der Waals surface area contributed by atoms with Crippen molar-refractivity contribution in [2.45, 2.75) is 13.5 Å². The molecular formula is C21H20N4O3. The van der Waals surface area contributed by atoms with E-state index < -0.39 is 5.97 Å². The summed E-state index contributed by atoms with van der Waals surface area (Å²) in [6, 6.07) is 16.1. The Morgan fingerprint density at radius 3 is 2.50 bits per heavy atom. The van der Waals surface area contributed by atoms with Crippen LogP contribution in [-0.2, 0) is 11.3 Å². The van der Waals surface area contributed by atoms with Crippen molar-refractivity contribution in [3.05, 3.63) is 83.2 Å². The van der Waals surface area contributed by atoms with Crippen molar-refractivity contribution in [1.82, 2.24) is 15.3 Å². The van der Waals surface area contributed by atoms with Gasteiger partial charge in [-0.05, 0) is 48.4 Å². The molecule has 0 aliphatic carbocycles. The van der Waals surface area contributed by atoms with Crippen molar-refractivity contribution in [1.29, 1.82) is 0 Å². The summed E-state index contributed by atoms with van der Waals surface area (Å²) in [6.07, 6.45) is 1.51. The summed E-state index contributed by atoms with van der Waals surface area (Å²) in [5.74, 6) is -0.403. The first-order valence-electron chi connectivity index (χ1n) is 8.68. The van der Waals surface area contributed by atoms with E-state index in [0.717, 1.165) is 11.1 Å². The summed E-state index contributed by atoms with van der Waals surface area (Å²) >= 11 is 0. The van der Waals surface area contributed by atoms with Gasteiger partial charge in [0.2, 0.25) is 5.95 Å². The number of nitrogens with zero attached hydrogens (tertiary/aromatic N) is 2. The number of nitrogens with one attached hydrogen (secondary N) is 2. The molecule has 2 aromatic carbocycles. The van der Waals surface area contributed by atoms with E-state index in [1.54, 1.807) is 30.3 Å². The van der Waals surface area contributed by atoms with Gasteiger partial charge in [0, 0.05) is 18.4 Å². The molecule has 7 nitrogen and oxygen atoms in total. The normalized spacial score (nSPS) is 10.2. The number of carbonyl (C=O) groups excluding carboxylic acids is 2. The fourth-order valence-electron chi connectivity index (χ4n) is 2.56. The first-order valence-corrected chi connectivity index (χ1v) is 8.68. The van der Waals surface area contributed by atoms with Crippen LogP contribution in [0.15, 0.2) is 60.8 Å². The van der Waals surface area contributed by atoms with Gasteiger partial charge in [0.15, 0.2) is 0 Å². The van der Waals surface area contributed by atoms with Crippen molar-refractivity contribution < 1.29 is 14.3 Å². The number of amides is 1. The predicted octanol–water partition coefficient (Wildman–Crippen LogP) is 3.25. The lowest BCUT2D eigenvalue weighted by molar-refractivity contribution is 0.0600. The Hall–Kier alpha value is -3.74. The smallest absolute Gasteiger partial charge is 0.337 e. The Kier molecular flexibility index (Phi) is 5.96. The Bertz CT molecular complexity index is 987. The molecular weight excluding hydrogens is 356 g/mol. The van der Waals surface area contributed by atoms with Gasteiger partial charge in [-0.3, -0.25) is 4.79 Å². The number of aromatic nitrogens is 2. The van der Waals surface area contributed by atoms with Crippen molar-refractivity contribution in [3.63, 3.8) is 0 Å². The Labute approximate surface area is 162 Å². The van der Waals surface area contributed by atoms with E-state index in [0.29, 0.717) is 17.8 Å². The number of methoxy groups -OCH3 is 1. The van der Waals surface area contributed by atoms with Gasteiger partial charge in [-0.25, -0.2) is 14.8 Å². The minimum absolute atomic E-state index is 0.261. The zero-order valence-corrected chi connectivity index (χ0v) is 15.6. The fourth-order valence-corrected chi connectivity index (χ4v) is 2.56. The Morgan fingerprint density at radius 1 is 1.04 bits per heavy atom. The molecule has 1 heterocycles. The highest BCUT2D eigenvalue weighted by atomic mass is 16.5. The number of ether oxygens (including phenoxy) is 1. The Balaban J connectivity index is 1.65. The average Bonchev–Trinajstić information content (AvgIpc) is 2.73. The summed E-state index contributed by atoms with van der Waals surface area (Å²) in [6.45, 7) is 2.42. The van der Waals surface area contributed by atoms with Gasteiger partial charge in [0.05, 0.1) is 12.7 Å². The zero-order valence-electron chi connectivity index (χ0n) is 15.6. The molecule has 0 fully saturated rings. The molecule has 3 rings (SSSR count). The third kappa shape index (κ3) is 4.70. The topological polar surface area (TPSA) is 93.2 Å². The highest BCUT2D eigenvalue weighted by molar-refractivity contribution is 5.92. The number of benzene rings is 2. The van der Waals surface area contributed by atoms with Crippen LogP contribution in [0.25, 0.3) is 0 Å². The minimum Gasteiger partial charge on any atom is -0.465 e. The number of hydrogen-bond donors (Lipinski definition) is 2. The van der Waals surface area contributed by atoms with Gasteiger partial charge in [0.25, 0.3) is 5.91 Å². The fraction of sp³-hybridized carbons (Fsp3) is 0.143. The van der Waals surface area contributed by atoms with Crippen LogP contribution < -0.4 is 10.6 Å². The molecule has 0 bridgehead atoms. The van der Waals surface area contributed by atoms with Crippen molar-refractivity contribution in [2.75, 3.05) is 12.4 Å². The standard InChI is InChI=1S/C21H20N4O3/c1-14-5-3-4-6-16(14)13-23-19(26)18-11-12-22-21(25-18)24-17-9-7-15(8-10-17)20(27)28-2/h3-12H,13H2,1-2H3,(H,23,26)(H,22,24,25). The second-order valence-electron chi connectivity index (χ2n) is 6.07. The lowest BCUT2D eigenvalue weighted by Gasteiger charge is -2.09. The van der Waals surface area contributed by atoms with Crippen LogP contribution in [0.3, 0.4) is 0 Å². The van der Waals surface area contributed by atoms with Crippen LogP contribution in [0, 0.1) is 6.92 Å². The maximum Gasteiger partial charge on any atom is 0.337 e. The monoisotopic (exact) mass is 376 g/mol. The molecule has 0 unspecified atom stereocenters. The molecule has 0 radical (unpaired) electrons. The number of carbonyl (C=O) groups is 2. The summed E-state index contributed by atoms with van der Waals surface area (Å²) in [4.78, 5) is 32.3. The predicted molar refractivity (Wildman–Crippen MR) is 105 cm³/mol. The van der Waals surface area contributed by atoms with Gasteiger partial charge < -0.3 is 15.4 Å². The zero-order chi connectivity index (χ0) is 19.9. The third-order valence-electron chi connectivity index (χ3n) is 4.15. The maximum absolute atomic E-state index is 12.4. The highest BCUT2D eigenvalue weighted by Crippen LogP contribution is 2.15. The van der Waals surface area contributed by atoms with Crippen LogP contribution in [0.5, 0.6) is 0 Å². The number of aryl methyl sites for hydroxylation is 1. The van der Waals surface area contributed by atoms with E-state index >= 15 is 0 Å². The molecule has 0 spiro atoms. The number of anilines is 2. The lowest BCUT2D eigenvalue weighted by atomic mass is 10.1. The van der Waals surface area contributed by atoms with Crippen LogP contribution in [0.2, 0.25) is 0 Å². The van der Waals surface area contributed by atoms with Crippen molar-refractivity contribution >= 4 is 23.5 Å². The summed E-state index contributed by atoms with van der Waals surface area (Å²) in [7, 11) is 1.33. The van der Waals surface area contributed by atoms with E-state index in [1.807, 2.05) is 31.2 Å². The van der Waals surface area contributed by atoms with Crippen molar-refractivity contribution in [2.24, 2.45) is 0 Å². The molecule has 0 saturated heterocycles. The molecule has 0 aliphatic rings. The summed E-state index contributed by atoms with van der Waals surface area (Å²) in [5.41, 5.74) is 3.55. The van der Waals surface area contributed by atoms with Crippen LogP contribution in [0.1, 0.15) is 32.0 Å². The second-order valence-corrected chi connectivity index (χ2v) is 6.07. The van der Waals surface area contributed by atoms with Crippen LogP contribution >= 0.6 is 0 Å². The van der Waals surface area contributed by atoms with Gasteiger partial charge in [-0.1, -0.05) is 24.3 Å². The van der Waals surface area contributed by atoms with E-state index in [4.69, 9.17) is 0 Å². The van der Waals surface area contributed by atoms with E-state index in [9.17, 15) is 9.59 Å². The molecule has 3 aromatic rings. The SMILES string of the molecule is COC(=O)c1ccc(Nc2nccc(C(=O)NCc3ccccc3C)n2)cc1. The minimum atomic E-state index is -0.407. The van der Waals surface area contributed by atoms with Crippen LogP contribution in [0.4, 0.5) is 11.6 Å². The van der Waals surface area contributed by atoms with Crippen molar-refractivity contribution in [3.8, 4) is 0 Å². The van der Waals surface area contributed by atoms with Gasteiger partial charge in [-0.2, -0.15) is 0 Å². The molecule has 1 amide bonds. The maximum atomic E-state index is 12.4. The third-order valence-corrected chi connectivity index (χ3v) is 4.15. The molecule has 1 aromatic heterocycles. The molecule has 2 N–H and O–H groups in total. The first kappa shape index (κ1) is 19.0. The number of rotatable bonds is 6. The average molecular weight is 376 g/mol. The molecule has 0 atom stereocenters. The molecule has 28 heavy (non-hydrogen) atoms. The molecule has 0 aliphatic heterocycles. The van der Waals surface area contributed by atoms with E-state index in [-0.39, 0.29) is 17.5 Å². The van der Waals surface area contributed by atoms with E-state index in [2.05, 4.69) is 25.3 Å². The summed E-state index contributed by atoms with van der Waals surface area (Å²) < 4.78 is 4.67. The van der Waals surface area contributed by atoms with E-state index in [1.165, 1.54) is 13.3 Å². The van der Waals surface area contributed by atoms with Gasteiger partial charge in [0.1, 0.15) is 5.69 Å². The second kappa shape index (κ2) is 8.77. The number of esters is 1. The Morgan fingerprint density at radius 2 is 1.79 bits per heavy atom. The van der Waals surface area contributed by atoms with Gasteiger partial charge >= 0.3 is 5.97 Å². The largest absolute Gasteiger partial charge is 0.465 e.